The first kappa shape index (κ1) is 22.3. The SMILES string of the molecule is CCc1ccc2nc(N3C(=O)C(=O)C(=C(O)c4ccc(Cl)cc4)[C@H]3c3ccccc3F)sc2c1. The van der Waals surface area contributed by atoms with E-state index in [1.54, 1.807) is 18.2 Å². The molecule has 0 radical (unpaired) electrons. The number of benzene rings is 3. The molecule has 170 valence electrons. The van der Waals surface area contributed by atoms with Crippen molar-refractivity contribution in [1.82, 2.24) is 4.98 Å². The van der Waals surface area contributed by atoms with Gasteiger partial charge in [0, 0.05) is 16.1 Å². The number of ketones is 1. The Bertz CT molecular complexity index is 1480. The van der Waals surface area contributed by atoms with Crippen molar-refractivity contribution in [3.05, 3.63) is 99.8 Å². The van der Waals surface area contributed by atoms with E-state index in [9.17, 15) is 19.1 Å². The zero-order chi connectivity index (χ0) is 24.0. The van der Waals surface area contributed by atoms with Gasteiger partial charge in [0.2, 0.25) is 0 Å². The van der Waals surface area contributed by atoms with E-state index in [-0.39, 0.29) is 16.3 Å². The third-order valence-corrected chi connectivity index (χ3v) is 7.09. The molecule has 1 saturated heterocycles. The molecule has 5 rings (SSSR count). The second-order valence-corrected chi connectivity index (χ2v) is 9.30. The fourth-order valence-electron chi connectivity index (χ4n) is 4.06. The summed E-state index contributed by atoms with van der Waals surface area (Å²) in [6.07, 6.45) is 0.837. The number of aliphatic hydroxyl groups is 1. The van der Waals surface area contributed by atoms with Gasteiger partial charge in [0.1, 0.15) is 17.6 Å². The van der Waals surface area contributed by atoms with E-state index in [0.29, 0.717) is 16.1 Å². The van der Waals surface area contributed by atoms with Crippen LogP contribution in [0.3, 0.4) is 0 Å². The van der Waals surface area contributed by atoms with Gasteiger partial charge in [-0.2, -0.15) is 0 Å². The average Bonchev–Trinajstić information content (AvgIpc) is 3.37. The largest absolute Gasteiger partial charge is 0.507 e. The smallest absolute Gasteiger partial charge is 0.301 e. The lowest BCUT2D eigenvalue weighted by molar-refractivity contribution is -0.132. The van der Waals surface area contributed by atoms with Gasteiger partial charge >= 0.3 is 5.91 Å². The summed E-state index contributed by atoms with van der Waals surface area (Å²) in [6, 6.07) is 16.7. The lowest BCUT2D eigenvalue weighted by Gasteiger charge is -2.23. The van der Waals surface area contributed by atoms with Crippen LogP contribution < -0.4 is 4.90 Å². The Hall–Kier alpha value is -3.55. The molecule has 0 unspecified atom stereocenters. The Morgan fingerprint density at radius 1 is 1.12 bits per heavy atom. The van der Waals surface area contributed by atoms with Gasteiger partial charge in [-0.05, 0) is 54.4 Å². The number of carbonyl (C=O) groups excluding carboxylic acids is 2. The summed E-state index contributed by atoms with van der Waals surface area (Å²) in [5.74, 6) is -2.79. The molecule has 1 aliphatic heterocycles. The van der Waals surface area contributed by atoms with Crippen molar-refractivity contribution in [1.29, 1.82) is 0 Å². The van der Waals surface area contributed by atoms with Crippen molar-refractivity contribution in [3.63, 3.8) is 0 Å². The molecule has 34 heavy (non-hydrogen) atoms. The van der Waals surface area contributed by atoms with Crippen molar-refractivity contribution in [2.75, 3.05) is 4.90 Å². The molecule has 2 heterocycles. The number of fused-ring (bicyclic) bond motifs is 1. The van der Waals surface area contributed by atoms with Gasteiger partial charge in [-0.1, -0.05) is 54.1 Å². The summed E-state index contributed by atoms with van der Waals surface area (Å²) in [7, 11) is 0. The molecule has 0 bridgehead atoms. The van der Waals surface area contributed by atoms with E-state index in [1.165, 1.54) is 46.6 Å². The second kappa shape index (κ2) is 8.66. The lowest BCUT2D eigenvalue weighted by Crippen LogP contribution is -2.29. The van der Waals surface area contributed by atoms with Crippen LogP contribution in [0.4, 0.5) is 9.52 Å². The number of Topliss-reactive ketones (excluding diaryl/α,β-unsaturated/α-hetero) is 1. The Morgan fingerprint density at radius 3 is 2.56 bits per heavy atom. The summed E-state index contributed by atoms with van der Waals surface area (Å²) in [6.45, 7) is 2.04. The first-order chi connectivity index (χ1) is 16.4. The van der Waals surface area contributed by atoms with Gasteiger partial charge in [0.15, 0.2) is 5.13 Å². The van der Waals surface area contributed by atoms with E-state index >= 15 is 0 Å². The van der Waals surface area contributed by atoms with Gasteiger partial charge in [0.25, 0.3) is 5.78 Å². The molecule has 3 aromatic carbocycles. The summed E-state index contributed by atoms with van der Waals surface area (Å²) in [5.41, 5.74) is 1.96. The number of nitrogens with zero attached hydrogens (tertiary/aromatic N) is 2. The van der Waals surface area contributed by atoms with Gasteiger partial charge in [0.05, 0.1) is 15.8 Å². The number of amides is 1. The molecule has 1 aromatic heterocycles. The zero-order valence-electron chi connectivity index (χ0n) is 18.0. The maximum absolute atomic E-state index is 15.0. The maximum atomic E-state index is 15.0. The molecule has 1 amide bonds. The van der Waals surface area contributed by atoms with Crippen LogP contribution in [0.2, 0.25) is 5.02 Å². The van der Waals surface area contributed by atoms with E-state index < -0.39 is 29.3 Å². The third kappa shape index (κ3) is 3.67. The number of halogens is 2. The Kier molecular flexibility index (Phi) is 5.67. The highest BCUT2D eigenvalue weighted by atomic mass is 35.5. The molecular formula is C26H18ClFN2O3S. The molecule has 0 aliphatic carbocycles. The predicted molar refractivity (Wildman–Crippen MR) is 132 cm³/mol. The van der Waals surface area contributed by atoms with Gasteiger partial charge in [-0.3, -0.25) is 14.5 Å². The number of rotatable bonds is 4. The van der Waals surface area contributed by atoms with Gasteiger partial charge < -0.3 is 5.11 Å². The minimum absolute atomic E-state index is 0.0886. The lowest BCUT2D eigenvalue weighted by atomic mass is 9.95. The number of aromatic nitrogens is 1. The fourth-order valence-corrected chi connectivity index (χ4v) is 5.25. The van der Waals surface area contributed by atoms with Gasteiger partial charge in [-0.25, -0.2) is 9.37 Å². The van der Waals surface area contributed by atoms with Crippen molar-refractivity contribution in [2.45, 2.75) is 19.4 Å². The van der Waals surface area contributed by atoms with Crippen LogP contribution in [0.15, 0.2) is 72.3 Å². The first-order valence-electron chi connectivity index (χ1n) is 10.6. The molecular weight excluding hydrogens is 475 g/mol. The van der Waals surface area contributed by atoms with Crippen LogP contribution in [-0.4, -0.2) is 21.8 Å². The van der Waals surface area contributed by atoms with Crippen LogP contribution in [0.25, 0.3) is 16.0 Å². The number of aliphatic hydroxyl groups excluding tert-OH is 1. The van der Waals surface area contributed by atoms with Crippen molar-refractivity contribution >= 4 is 55.7 Å². The molecule has 1 N–H and O–H groups in total. The highest BCUT2D eigenvalue weighted by Gasteiger charge is 2.49. The second-order valence-electron chi connectivity index (χ2n) is 7.85. The minimum atomic E-state index is -1.18. The Morgan fingerprint density at radius 2 is 1.85 bits per heavy atom. The summed E-state index contributed by atoms with van der Waals surface area (Å²) in [5, 5.41) is 11.8. The van der Waals surface area contributed by atoms with Crippen molar-refractivity contribution in [3.8, 4) is 0 Å². The molecule has 5 nitrogen and oxygen atoms in total. The van der Waals surface area contributed by atoms with Crippen LogP contribution >= 0.6 is 22.9 Å². The molecule has 0 spiro atoms. The van der Waals surface area contributed by atoms with Crippen LogP contribution in [0.1, 0.15) is 29.7 Å². The highest BCUT2D eigenvalue weighted by molar-refractivity contribution is 7.22. The van der Waals surface area contributed by atoms with Crippen molar-refractivity contribution in [2.24, 2.45) is 0 Å². The molecule has 8 heteroatoms. The molecule has 0 saturated carbocycles. The molecule has 1 atom stereocenters. The van der Waals surface area contributed by atoms with Crippen molar-refractivity contribution < 1.29 is 19.1 Å². The normalized spacial score (nSPS) is 17.6. The van der Waals surface area contributed by atoms with Crippen LogP contribution in [-0.2, 0) is 16.0 Å². The molecule has 1 fully saturated rings. The van der Waals surface area contributed by atoms with E-state index in [2.05, 4.69) is 4.98 Å². The number of carbonyl (C=O) groups is 2. The fraction of sp³-hybridized carbons (Fsp3) is 0.115. The van der Waals surface area contributed by atoms with Crippen LogP contribution in [0, 0.1) is 5.82 Å². The minimum Gasteiger partial charge on any atom is -0.507 e. The van der Waals surface area contributed by atoms with Gasteiger partial charge in [-0.15, -0.1) is 0 Å². The Labute approximate surface area is 203 Å². The summed E-state index contributed by atoms with van der Waals surface area (Å²) < 4.78 is 15.8. The monoisotopic (exact) mass is 492 g/mol. The molecule has 1 aliphatic rings. The maximum Gasteiger partial charge on any atom is 0.301 e. The zero-order valence-corrected chi connectivity index (χ0v) is 19.5. The van der Waals surface area contributed by atoms with E-state index in [1.807, 2.05) is 25.1 Å². The third-order valence-electron chi connectivity index (χ3n) is 5.82. The number of hydrogen-bond donors (Lipinski definition) is 1. The molecule has 4 aromatic rings. The predicted octanol–water partition coefficient (Wildman–Crippen LogP) is 6.28. The van der Waals surface area contributed by atoms with Crippen LogP contribution in [0.5, 0.6) is 0 Å². The highest BCUT2D eigenvalue weighted by Crippen LogP contribution is 2.45. The standard InChI is InChI=1S/C26H18ClFN2O3S/c1-2-14-7-12-19-20(13-14)34-26(29-19)30-22(17-5-3-4-6-18(17)28)21(24(32)25(30)33)23(31)15-8-10-16(27)11-9-15/h3-13,22,31H,2H2,1H3/t22-/m1/s1. The summed E-state index contributed by atoms with van der Waals surface area (Å²) in [4.78, 5) is 32.2. The number of aryl methyl sites for hydroxylation is 1. The van der Waals surface area contributed by atoms with E-state index in [0.717, 1.165) is 16.7 Å². The summed E-state index contributed by atoms with van der Waals surface area (Å²) >= 11 is 7.20. The quantitative estimate of drug-likeness (QED) is 0.207. The number of thiazole rings is 1. The first-order valence-corrected chi connectivity index (χ1v) is 11.8. The average molecular weight is 493 g/mol. The topological polar surface area (TPSA) is 70.5 Å². The van der Waals surface area contributed by atoms with E-state index in [4.69, 9.17) is 11.6 Å². The Balaban J connectivity index is 1.73. The number of hydrogen-bond acceptors (Lipinski definition) is 5. The number of anilines is 1.